The maximum absolute atomic E-state index is 2.12. The molecule has 0 spiro atoms. The molecule has 0 rings (SSSR count). The van der Waals surface area contributed by atoms with Crippen LogP contribution in [-0.4, -0.2) is 23.1 Å². The number of hydrogen-bond donors (Lipinski definition) is 0. The Morgan fingerprint density at radius 3 is 1.38 bits per heavy atom. The molecule has 0 aromatic heterocycles. The van der Waals surface area contributed by atoms with Gasteiger partial charge in [0.05, 0.1) is 0 Å². The topological polar surface area (TPSA) is 0 Å². The maximum atomic E-state index is 2.12. The van der Waals surface area contributed by atoms with Crippen LogP contribution in [0, 0.1) is 6.42 Å². The molecule has 8 heavy (non-hydrogen) atoms. The fraction of sp³-hybridized carbons (Fsp3) is 0.750. The summed E-state index contributed by atoms with van der Waals surface area (Å²) in [4.78, 5) is 0. The van der Waals surface area contributed by atoms with E-state index in [1.807, 2.05) is 0 Å². The molecular formula is C4H9Cl2LiMg. The second-order valence-corrected chi connectivity index (χ2v) is 0.816. The largest absolute Gasteiger partial charge is 2.00 e. The molecule has 4 heteroatoms. The van der Waals surface area contributed by atoms with Gasteiger partial charge in [-0.05, 0) is 0 Å². The quantitative estimate of drug-likeness (QED) is 0.263. The van der Waals surface area contributed by atoms with Crippen LogP contribution in [0.5, 0.6) is 0 Å². The molecule has 0 aromatic rings. The molecule has 0 atom stereocenters. The van der Waals surface area contributed by atoms with Gasteiger partial charge in [-0.3, -0.25) is 0 Å². The third-order valence-electron chi connectivity index (χ3n) is 0.408. The Balaban J connectivity index is -0.00000000750. The summed E-state index contributed by atoms with van der Waals surface area (Å²) in [6, 6.07) is 0. The smallest absolute Gasteiger partial charge is 1.00 e. The van der Waals surface area contributed by atoms with Crippen molar-refractivity contribution in [1.29, 1.82) is 0 Å². The molecule has 0 nitrogen and oxygen atoms in total. The van der Waals surface area contributed by atoms with Crippen LogP contribution in [0.3, 0.4) is 0 Å². The van der Waals surface area contributed by atoms with Crippen LogP contribution >= 0.6 is 0 Å². The SMILES string of the molecule is C[CH-]CC.[Cl-].[Cl-].[Li+].[Mg+2]. The first kappa shape index (κ1) is 32.5. The van der Waals surface area contributed by atoms with Crippen LogP contribution in [-0.2, 0) is 0 Å². The Bertz CT molecular complexity index is 16.0. The van der Waals surface area contributed by atoms with E-state index in [0.717, 1.165) is 0 Å². The summed E-state index contributed by atoms with van der Waals surface area (Å²) in [5, 5.41) is 0. The van der Waals surface area contributed by atoms with Gasteiger partial charge in [-0.25, -0.2) is 0 Å². The molecule has 0 aliphatic carbocycles. The Kier molecular flexibility index (Phi) is 148. The van der Waals surface area contributed by atoms with E-state index in [9.17, 15) is 0 Å². The summed E-state index contributed by atoms with van der Waals surface area (Å²) in [7, 11) is 0. The van der Waals surface area contributed by atoms with Crippen molar-refractivity contribution in [1.82, 2.24) is 0 Å². The molecular weight excluding hydrogens is 150 g/mol. The summed E-state index contributed by atoms with van der Waals surface area (Å²) < 4.78 is 0. The number of rotatable bonds is 1. The molecule has 0 N–H and O–H groups in total. The normalized spacial score (nSPS) is 3.75. The van der Waals surface area contributed by atoms with E-state index >= 15 is 0 Å². The minimum atomic E-state index is 0. The molecule has 0 amide bonds. The molecule has 0 bridgehead atoms. The Morgan fingerprint density at radius 2 is 1.38 bits per heavy atom. The van der Waals surface area contributed by atoms with Gasteiger partial charge in [0.15, 0.2) is 0 Å². The predicted molar refractivity (Wildman–Crippen MR) is 26.0 cm³/mol. The van der Waals surface area contributed by atoms with Gasteiger partial charge in [0.1, 0.15) is 0 Å². The summed E-state index contributed by atoms with van der Waals surface area (Å²) in [6.07, 6.45) is 3.32. The van der Waals surface area contributed by atoms with Crippen molar-refractivity contribution in [3.05, 3.63) is 6.42 Å². The van der Waals surface area contributed by atoms with Crippen LogP contribution in [0.1, 0.15) is 20.3 Å². The van der Waals surface area contributed by atoms with Gasteiger partial charge < -0.3 is 31.2 Å². The molecule has 0 aromatic carbocycles. The van der Waals surface area contributed by atoms with Crippen LogP contribution in [0.4, 0.5) is 0 Å². The molecule has 0 saturated heterocycles. The Hall–Kier alpha value is 1.94. The molecule has 0 heterocycles. The van der Waals surface area contributed by atoms with E-state index in [0.29, 0.717) is 0 Å². The van der Waals surface area contributed by atoms with Crippen LogP contribution in [0.2, 0.25) is 0 Å². The first-order chi connectivity index (χ1) is 1.91. The fourth-order valence-corrected chi connectivity index (χ4v) is 0. The third-order valence-corrected chi connectivity index (χ3v) is 0.408. The Morgan fingerprint density at radius 1 is 1.25 bits per heavy atom. The third kappa shape index (κ3) is 44.2. The second kappa shape index (κ2) is 36.3. The second-order valence-electron chi connectivity index (χ2n) is 0.816. The van der Waals surface area contributed by atoms with Crippen LogP contribution in [0.25, 0.3) is 0 Å². The minimum Gasteiger partial charge on any atom is -1.00 e. The summed E-state index contributed by atoms with van der Waals surface area (Å²) in [6.45, 7) is 4.18. The predicted octanol–water partition coefficient (Wildman–Crippen LogP) is -7.75. The first-order valence-corrected chi connectivity index (χ1v) is 1.69. The molecule has 42 valence electrons. The van der Waals surface area contributed by atoms with Crippen molar-refractivity contribution < 1.29 is 43.7 Å². The van der Waals surface area contributed by atoms with Crippen molar-refractivity contribution in [2.45, 2.75) is 20.3 Å². The maximum Gasteiger partial charge on any atom is 2.00 e. The molecule has 0 aliphatic heterocycles. The summed E-state index contributed by atoms with van der Waals surface area (Å²) in [5.74, 6) is 0. The number of halogens is 2. The summed E-state index contributed by atoms with van der Waals surface area (Å²) in [5.41, 5.74) is 0. The van der Waals surface area contributed by atoms with Crippen LogP contribution in [0.15, 0.2) is 0 Å². The number of hydrogen-bond acceptors (Lipinski definition) is 0. The zero-order chi connectivity index (χ0) is 3.41. The van der Waals surface area contributed by atoms with Crippen molar-refractivity contribution in [3.63, 3.8) is 0 Å². The molecule has 0 aliphatic rings. The zero-order valence-corrected chi connectivity index (χ0v) is 8.67. The van der Waals surface area contributed by atoms with E-state index in [1.165, 1.54) is 6.42 Å². The van der Waals surface area contributed by atoms with Gasteiger partial charge in [0.25, 0.3) is 0 Å². The van der Waals surface area contributed by atoms with Crippen molar-refractivity contribution in [2.24, 2.45) is 0 Å². The first-order valence-electron chi connectivity index (χ1n) is 1.69. The van der Waals surface area contributed by atoms with Gasteiger partial charge in [0, 0.05) is 0 Å². The fourth-order valence-electron chi connectivity index (χ4n) is 0. The Labute approximate surface area is 92.7 Å². The van der Waals surface area contributed by atoms with Crippen molar-refractivity contribution in [2.75, 3.05) is 0 Å². The average molecular weight is 159 g/mol. The average Bonchev–Trinajstić information content (AvgIpc) is 1.37. The van der Waals surface area contributed by atoms with Crippen LogP contribution < -0.4 is 43.7 Å². The standard InChI is InChI=1S/C4H9.2ClH.Li.Mg/c1-3-4-2;;;;/h3H,4H2,1-2H3;2*1H;;/q-1;;;+1;+2/p-2. The van der Waals surface area contributed by atoms with E-state index in [1.54, 1.807) is 0 Å². The minimum absolute atomic E-state index is 0. The molecule has 0 fully saturated rings. The van der Waals surface area contributed by atoms with Gasteiger partial charge in [-0.15, -0.1) is 0 Å². The molecule has 0 radical (unpaired) electrons. The van der Waals surface area contributed by atoms with E-state index < -0.39 is 0 Å². The van der Waals surface area contributed by atoms with E-state index in [2.05, 4.69) is 20.3 Å². The zero-order valence-electron chi connectivity index (χ0n) is 5.75. The summed E-state index contributed by atoms with van der Waals surface area (Å²) >= 11 is 0. The molecule has 0 unspecified atom stereocenters. The van der Waals surface area contributed by atoms with Gasteiger partial charge in [0.2, 0.25) is 0 Å². The van der Waals surface area contributed by atoms with Gasteiger partial charge >= 0.3 is 41.9 Å². The number of unbranched alkanes of at least 4 members (excludes halogenated alkanes) is 1. The van der Waals surface area contributed by atoms with E-state index in [4.69, 9.17) is 0 Å². The van der Waals surface area contributed by atoms with Gasteiger partial charge in [-0.1, -0.05) is 6.92 Å². The van der Waals surface area contributed by atoms with Crippen molar-refractivity contribution in [3.8, 4) is 0 Å². The van der Waals surface area contributed by atoms with E-state index in [-0.39, 0.29) is 66.7 Å². The monoisotopic (exact) mass is 158 g/mol. The molecule has 0 saturated carbocycles. The van der Waals surface area contributed by atoms with Crippen molar-refractivity contribution >= 4 is 23.1 Å². The van der Waals surface area contributed by atoms with Gasteiger partial charge in [-0.2, -0.15) is 13.3 Å².